The third-order valence-electron chi connectivity index (χ3n) is 4.53. The lowest BCUT2D eigenvalue weighted by Gasteiger charge is -2.20. The van der Waals surface area contributed by atoms with E-state index in [2.05, 4.69) is 48.5 Å². The normalized spacial score (nSPS) is 13.9. The van der Waals surface area contributed by atoms with Crippen molar-refractivity contribution in [2.24, 2.45) is 0 Å². The fraction of sp³-hybridized carbons (Fsp3) is 0.467. The van der Waals surface area contributed by atoms with Crippen LogP contribution < -0.4 is 0 Å². The molecule has 2 nitrogen and oxygen atoms in total. The summed E-state index contributed by atoms with van der Waals surface area (Å²) in [6, 6.07) is 0. The molecule has 20 heavy (non-hydrogen) atoms. The summed E-state index contributed by atoms with van der Waals surface area (Å²) in [4.78, 5) is 0. The third-order valence-corrected chi connectivity index (χ3v) is 7.92. The Morgan fingerprint density at radius 1 is 0.850 bits per heavy atom. The van der Waals surface area contributed by atoms with Crippen molar-refractivity contribution in [1.29, 1.82) is 0 Å². The molecule has 0 amide bonds. The lowest BCUT2D eigenvalue weighted by molar-refractivity contribution is 0.506. The Bertz CT molecular complexity index is 507. The highest BCUT2D eigenvalue weighted by Crippen LogP contribution is 2.32. The number of benzene rings is 1. The Hall–Kier alpha value is -0.469. The van der Waals surface area contributed by atoms with E-state index in [1.165, 1.54) is 44.2 Å². The van der Waals surface area contributed by atoms with Crippen LogP contribution in [0.1, 0.15) is 47.2 Å². The minimum Gasteiger partial charge on any atom is -0.449 e. The van der Waals surface area contributed by atoms with Crippen LogP contribution in [-0.2, 0) is 8.23 Å². The Morgan fingerprint density at radius 2 is 1.30 bits per heavy atom. The first-order valence-electron chi connectivity index (χ1n) is 7.13. The second-order valence-corrected chi connectivity index (χ2v) is 11.2. The molecule has 0 aromatic heterocycles. The second kappa shape index (κ2) is 7.51. The highest BCUT2D eigenvalue weighted by atomic mass is 28.3. The molecule has 0 N–H and O–H groups in total. The predicted molar refractivity (Wildman–Crippen MR) is 97.6 cm³/mol. The summed E-state index contributed by atoms with van der Waals surface area (Å²) >= 11 is 0. The van der Waals surface area contributed by atoms with Gasteiger partial charge in [0.15, 0.2) is 9.76 Å². The van der Waals surface area contributed by atoms with Crippen molar-refractivity contribution < 1.29 is 8.23 Å². The first kappa shape index (κ1) is 17.6. The number of hydrogen-bond acceptors (Lipinski definition) is 2. The van der Waals surface area contributed by atoms with Crippen molar-refractivity contribution in [3.05, 3.63) is 38.6 Å². The molecular formula is C15H28O2Si3. The van der Waals surface area contributed by atoms with Gasteiger partial charge in [0.05, 0.1) is 0 Å². The lowest BCUT2D eigenvalue weighted by Crippen LogP contribution is -2.10. The molecular weight excluding hydrogens is 296 g/mol. The molecule has 1 rings (SSSR count). The van der Waals surface area contributed by atoms with Crippen LogP contribution in [0, 0.1) is 34.6 Å². The molecule has 0 aliphatic rings. The van der Waals surface area contributed by atoms with E-state index in [4.69, 9.17) is 8.23 Å². The van der Waals surface area contributed by atoms with Gasteiger partial charge in [0.2, 0.25) is 0 Å². The fourth-order valence-electron chi connectivity index (χ4n) is 2.66. The maximum absolute atomic E-state index is 5.78. The molecule has 0 unspecified atom stereocenters. The maximum Gasteiger partial charge on any atom is 0.283 e. The Labute approximate surface area is 131 Å². The quantitative estimate of drug-likeness (QED) is 0.602. The lowest BCUT2D eigenvalue weighted by atomic mass is 9.86. The highest BCUT2D eigenvalue weighted by molar-refractivity contribution is 6.48. The van der Waals surface area contributed by atoms with Crippen molar-refractivity contribution in [3.8, 4) is 0 Å². The summed E-state index contributed by atoms with van der Waals surface area (Å²) < 4.78 is 11.0. The summed E-state index contributed by atoms with van der Waals surface area (Å²) in [5, 5.41) is 1.45. The van der Waals surface area contributed by atoms with Crippen LogP contribution in [0.15, 0.2) is 5.20 Å². The van der Waals surface area contributed by atoms with E-state index in [1.807, 2.05) is 0 Å². The molecule has 0 saturated carbocycles. The summed E-state index contributed by atoms with van der Waals surface area (Å²) in [6.07, 6.45) is 0. The number of rotatable bonds is 5. The Kier molecular flexibility index (Phi) is 6.61. The van der Waals surface area contributed by atoms with Gasteiger partial charge in [0.25, 0.3) is 10.0 Å². The van der Waals surface area contributed by atoms with Gasteiger partial charge in [-0.25, -0.2) is 0 Å². The maximum atomic E-state index is 5.78. The van der Waals surface area contributed by atoms with Crippen LogP contribution >= 0.6 is 0 Å². The summed E-state index contributed by atoms with van der Waals surface area (Å²) in [5.74, 6) is 0. The minimum absolute atomic E-state index is 0.594. The van der Waals surface area contributed by atoms with Gasteiger partial charge in [0.1, 0.15) is 10.5 Å². The first-order valence-corrected chi connectivity index (χ1v) is 10.4. The second-order valence-electron chi connectivity index (χ2n) is 5.66. The molecule has 0 heterocycles. The van der Waals surface area contributed by atoms with E-state index in [9.17, 15) is 0 Å². The largest absolute Gasteiger partial charge is 0.449 e. The molecule has 5 heteroatoms. The van der Waals surface area contributed by atoms with Crippen molar-refractivity contribution in [2.45, 2.75) is 48.5 Å². The van der Waals surface area contributed by atoms with Gasteiger partial charge in [-0.3, -0.25) is 0 Å². The zero-order chi connectivity index (χ0) is 15.4. The van der Waals surface area contributed by atoms with Gasteiger partial charge in [-0.2, -0.15) is 0 Å². The zero-order valence-corrected chi connectivity index (χ0v) is 19.1. The summed E-state index contributed by atoms with van der Waals surface area (Å²) in [6.45, 7) is 15.7. The van der Waals surface area contributed by atoms with Crippen LogP contribution in [0.3, 0.4) is 0 Å². The average Bonchev–Trinajstić information content (AvgIpc) is 2.43. The monoisotopic (exact) mass is 324 g/mol. The number of allylic oxidation sites excluding steroid dienone is 2. The molecule has 0 spiro atoms. The van der Waals surface area contributed by atoms with E-state index in [-0.39, 0.29) is 0 Å². The molecule has 0 saturated heterocycles. The van der Waals surface area contributed by atoms with Crippen LogP contribution in [0.4, 0.5) is 0 Å². The highest BCUT2D eigenvalue weighted by Gasteiger charge is 2.14. The SMILES string of the molecule is CC([SiH2]O[SiH2]O[SiH3])=C(C)c1c(C)c(C)c(C)c(C)c1C. The first-order chi connectivity index (χ1) is 9.32. The molecule has 0 aliphatic carbocycles. The molecule has 0 aliphatic heterocycles. The van der Waals surface area contributed by atoms with E-state index in [1.54, 1.807) is 0 Å². The Morgan fingerprint density at radius 3 is 1.75 bits per heavy atom. The van der Waals surface area contributed by atoms with Crippen LogP contribution in [0.5, 0.6) is 0 Å². The topological polar surface area (TPSA) is 18.5 Å². The van der Waals surface area contributed by atoms with Crippen LogP contribution in [-0.4, -0.2) is 30.3 Å². The van der Waals surface area contributed by atoms with Crippen molar-refractivity contribution in [3.63, 3.8) is 0 Å². The molecule has 0 bridgehead atoms. The van der Waals surface area contributed by atoms with E-state index < -0.39 is 19.8 Å². The third kappa shape index (κ3) is 3.59. The standard InChI is InChI=1S/C15H28O2Si3/c1-8-9(2)11(4)15(12(5)10(8)3)13(6)14(7)19-17-20-16-18/h19-20H2,1-7,18H3. The molecule has 0 atom stereocenters. The Balaban J connectivity index is 3.29. The molecule has 0 radical (unpaired) electrons. The van der Waals surface area contributed by atoms with Gasteiger partial charge < -0.3 is 8.23 Å². The van der Waals surface area contributed by atoms with Gasteiger partial charge >= 0.3 is 0 Å². The smallest absolute Gasteiger partial charge is 0.283 e. The van der Waals surface area contributed by atoms with Crippen LogP contribution in [0.25, 0.3) is 5.57 Å². The van der Waals surface area contributed by atoms with E-state index in [0.717, 1.165) is 10.5 Å². The molecule has 112 valence electrons. The minimum atomic E-state index is -0.685. The van der Waals surface area contributed by atoms with Crippen LogP contribution in [0.2, 0.25) is 0 Å². The predicted octanol–water partition coefficient (Wildman–Crippen LogP) is 1.38. The van der Waals surface area contributed by atoms with Gasteiger partial charge in [-0.05, 0) is 87.4 Å². The van der Waals surface area contributed by atoms with Crippen molar-refractivity contribution in [1.82, 2.24) is 0 Å². The van der Waals surface area contributed by atoms with E-state index >= 15 is 0 Å². The molecule has 1 aromatic carbocycles. The van der Waals surface area contributed by atoms with Gasteiger partial charge in [-0.15, -0.1) is 0 Å². The summed E-state index contributed by atoms with van der Waals surface area (Å²) in [5.41, 5.74) is 9.98. The van der Waals surface area contributed by atoms with Gasteiger partial charge in [0, 0.05) is 0 Å². The summed E-state index contributed by atoms with van der Waals surface area (Å²) in [7, 11) is -0.472. The van der Waals surface area contributed by atoms with Crippen molar-refractivity contribution >= 4 is 35.8 Å². The van der Waals surface area contributed by atoms with Gasteiger partial charge in [-0.1, -0.05) is 5.20 Å². The molecule has 1 aromatic rings. The van der Waals surface area contributed by atoms with Crippen molar-refractivity contribution in [2.75, 3.05) is 0 Å². The average molecular weight is 325 g/mol. The number of hydrogen-bond donors (Lipinski definition) is 0. The van der Waals surface area contributed by atoms with E-state index in [0.29, 0.717) is 0 Å². The molecule has 0 fully saturated rings. The zero-order valence-electron chi connectivity index (χ0n) is 14.2. The fourth-order valence-corrected chi connectivity index (χ4v) is 6.78.